The summed E-state index contributed by atoms with van der Waals surface area (Å²) in [4.78, 5) is 12.7. The SMILES string of the molecule is Cc1ccc(C(Sc2ccccc2C(=O)O)(c2ccccc2)c2ccccc2Cl)cc1. The molecule has 4 aromatic carbocycles. The maximum Gasteiger partial charge on any atom is 0.336 e. The monoisotopic (exact) mass is 444 g/mol. The smallest absolute Gasteiger partial charge is 0.336 e. The Labute approximate surface area is 191 Å². The highest BCUT2D eigenvalue weighted by Gasteiger charge is 2.40. The van der Waals surface area contributed by atoms with Gasteiger partial charge in [-0.3, -0.25) is 0 Å². The first kappa shape index (κ1) is 21.2. The van der Waals surface area contributed by atoms with E-state index in [4.69, 9.17) is 11.6 Å². The topological polar surface area (TPSA) is 37.3 Å². The highest BCUT2D eigenvalue weighted by Crippen LogP contribution is 2.53. The second-order valence-electron chi connectivity index (χ2n) is 7.30. The molecular weight excluding hydrogens is 424 g/mol. The van der Waals surface area contributed by atoms with Crippen LogP contribution >= 0.6 is 23.4 Å². The maximum atomic E-state index is 12.0. The third kappa shape index (κ3) is 4.12. The Morgan fingerprint density at radius 1 is 0.774 bits per heavy atom. The lowest BCUT2D eigenvalue weighted by atomic mass is 9.83. The molecule has 0 saturated carbocycles. The van der Waals surface area contributed by atoms with Crippen molar-refractivity contribution in [3.05, 3.63) is 136 Å². The van der Waals surface area contributed by atoms with Crippen molar-refractivity contribution in [2.45, 2.75) is 16.6 Å². The standard InChI is InChI=1S/C27H21ClO2S/c1-19-15-17-21(18-16-19)27(20-9-3-2-4-10-20,23-12-6-7-13-24(23)28)31-25-14-8-5-11-22(25)26(29)30/h2-18H,1H3,(H,29,30). The number of carboxylic acids is 1. The van der Waals surface area contributed by atoms with Crippen molar-refractivity contribution >= 4 is 29.3 Å². The fourth-order valence-corrected chi connectivity index (χ4v) is 5.63. The average molecular weight is 445 g/mol. The fourth-order valence-electron chi connectivity index (χ4n) is 3.76. The molecule has 0 aliphatic rings. The molecule has 1 atom stereocenters. The van der Waals surface area contributed by atoms with Gasteiger partial charge in [0.25, 0.3) is 0 Å². The Morgan fingerprint density at radius 3 is 2.03 bits per heavy atom. The van der Waals surface area contributed by atoms with Crippen LogP contribution in [0.2, 0.25) is 5.02 Å². The lowest BCUT2D eigenvalue weighted by Crippen LogP contribution is -2.26. The van der Waals surface area contributed by atoms with Crippen LogP contribution in [0.5, 0.6) is 0 Å². The summed E-state index contributed by atoms with van der Waals surface area (Å²) < 4.78 is -0.737. The first-order chi connectivity index (χ1) is 15.0. The van der Waals surface area contributed by atoms with E-state index in [0.29, 0.717) is 9.92 Å². The molecule has 4 heteroatoms. The second kappa shape index (κ2) is 9.01. The Morgan fingerprint density at radius 2 is 1.35 bits per heavy atom. The molecule has 154 valence electrons. The highest BCUT2D eigenvalue weighted by molar-refractivity contribution is 8.00. The van der Waals surface area contributed by atoms with Crippen LogP contribution in [-0.4, -0.2) is 11.1 Å². The number of thioether (sulfide) groups is 1. The lowest BCUT2D eigenvalue weighted by Gasteiger charge is -2.36. The van der Waals surface area contributed by atoms with Crippen LogP contribution in [0, 0.1) is 6.92 Å². The summed E-state index contributed by atoms with van der Waals surface area (Å²) in [7, 11) is 0. The number of carboxylic acid groups (broad SMARTS) is 1. The van der Waals surface area contributed by atoms with E-state index in [1.54, 1.807) is 12.1 Å². The Balaban J connectivity index is 2.07. The lowest BCUT2D eigenvalue weighted by molar-refractivity contribution is 0.0693. The van der Waals surface area contributed by atoms with Crippen molar-refractivity contribution in [3.8, 4) is 0 Å². The number of hydrogen-bond acceptors (Lipinski definition) is 2. The van der Waals surface area contributed by atoms with E-state index >= 15 is 0 Å². The van der Waals surface area contributed by atoms with E-state index in [1.165, 1.54) is 11.8 Å². The fraction of sp³-hybridized carbons (Fsp3) is 0.0741. The number of rotatable bonds is 6. The third-order valence-electron chi connectivity index (χ3n) is 5.27. The first-order valence-corrected chi connectivity index (χ1v) is 11.1. The molecule has 0 aliphatic carbocycles. The number of hydrogen-bond donors (Lipinski definition) is 1. The zero-order valence-electron chi connectivity index (χ0n) is 17.0. The van der Waals surface area contributed by atoms with Gasteiger partial charge in [-0.05, 0) is 41.8 Å². The molecule has 0 aromatic heterocycles. The third-order valence-corrected chi connectivity index (χ3v) is 7.18. The van der Waals surface area contributed by atoms with Crippen LogP contribution in [0.1, 0.15) is 32.6 Å². The van der Waals surface area contributed by atoms with Crippen LogP contribution in [0.15, 0.2) is 108 Å². The van der Waals surface area contributed by atoms with Crippen molar-refractivity contribution in [3.63, 3.8) is 0 Å². The van der Waals surface area contributed by atoms with Crippen molar-refractivity contribution in [2.24, 2.45) is 0 Å². The zero-order chi connectivity index (χ0) is 21.8. The van der Waals surface area contributed by atoms with Gasteiger partial charge in [-0.15, -0.1) is 11.8 Å². The van der Waals surface area contributed by atoms with E-state index < -0.39 is 10.7 Å². The zero-order valence-corrected chi connectivity index (χ0v) is 18.5. The van der Waals surface area contributed by atoms with Gasteiger partial charge in [0.15, 0.2) is 0 Å². The van der Waals surface area contributed by atoms with Crippen molar-refractivity contribution in [2.75, 3.05) is 0 Å². The van der Waals surface area contributed by atoms with E-state index in [0.717, 1.165) is 22.3 Å². The van der Waals surface area contributed by atoms with E-state index in [1.807, 2.05) is 54.6 Å². The first-order valence-electron chi connectivity index (χ1n) is 9.91. The summed E-state index contributed by atoms with van der Waals surface area (Å²) in [6.45, 7) is 2.05. The van der Waals surface area contributed by atoms with Crippen molar-refractivity contribution in [1.29, 1.82) is 0 Å². The molecule has 0 heterocycles. The molecule has 0 bridgehead atoms. The molecule has 0 saturated heterocycles. The second-order valence-corrected chi connectivity index (χ2v) is 8.96. The minimum Gasteiger partial charge on any atom is -0.478 e. The highest BCUT2D eigenvalue weighted by atomic mass is 35.5. The van der Waals surface area contributed by atoms with E-state index in [-0.39, 0.29) is 5.56 Å². The molecule has 0 radical (unpaired) electrons. The molecule has 31 heavy (non-hydrogen) atoms. The van der Waals surface area contributed by atoms with Gasteiger partial charge in [0, 0.05) is 9.92 Å². The summed E-state index contributed by atoms with van der Waals surface area (Å²) in [6.07, 6.45) is 0. The van der Waals surface area contributed by atoms with Gasteiger partial charge in [0.05, 0.1) is 10.3 Å². The van der Waals surface area contributed by atoms with Crippen molar-refractivity contribution in [1.82, 2.24) is 0 Å². The molecule has 0 aliphatic heterocycles. The van der Waals surface area contributed by atoms with E-state index in [9.17, 15) is 9.90 Å². The summed E-state index contributed by atoms with van der Waals surface area (Å²) in [5, 5.41) is 10.5. The number of carbonyl (C=O) groups is 1. The minimum absolute atomic E-state index is 0.270. The number of aryl methyl sites for hydroxylation is 1. The normalized spacial score (nSPS) is 12.8. The average Bonchev–Trinajstić information content (AvgIpc) is 2.79. The van der Waals surface area contributed by atoms with Gasteiger partial charge in [-0.2, -0.15) is 0 Å². The van der Waals surface area contributed by atoms with Crippen LogP contribution < -0.4 is 0 Å². The number of aromatic carboxylic acids is 1. The molecule has 2 nitrogen and oxygen atoms in total. The van der Waals surface area contributed by atoms with Gasteiger partial charge in [0.2, 0.25) is 0 Å². The molecule has 4 rings (SSSR count). The largest absolute Gasteiger partial charge is 0.478 e. The molecule has 0 fully saturated rings. The molecule has 0 amide bonds. The van der Waals surface area contributed by atoms with Crippen molar-refractivity contribution < 1.29 is 9.90 Å². The van der Waals surface area contributed by atoms with Crippen LogP contribution in [-0.2, 0) is 4.75 Å². The molecule has 0 spiro atoms. The number of benzene rings is 4. The summed E-state index contributed by atoms with van der Waals surface area (Å²) in [6, 6.07) is 33.4. The summed E-state index contributed by atoms with van der Waals surface area (Å²) >= 11 is 8.28. The van der Waals surface area contributed by atoms with Crippen LogP contribution in [0.3, 0.4) is 0 Å². The van der Waals surface area contributed by atoms with Gasteiger partial charge >= 0.3 is 5.97 Å². The van der Waals surface area contributed by atoms with Gasteiger partial charge < -0.3 is 5.11 Å². The predicted molar refractivity (Wildman–Crippen MR) is 128 cm³/mol. The maximum absolute atomic E-state index is 12.0. The predicted octanol–water partition coefficient (Wildman–Crippen LogP) is 7.43. The quantitative estimate of drug-likeness (QED) is 0.248. The minimum atomic E-state index is -0.951. The molecule has 1 unspecified atom stereocenters. The van der Waals surface area contributed by atoms with Gasteiger partial charge in [-0.1, -0.05) is 102 Å². The number of halogens is 1. The Kier molecular flexibility index (Phi) is 6.17. The van der Waals surface area contributed by atoms with Crippen LogP contribution in [0.25, 0.3) is 0 Å². The molecule has 4 aromatic rings. The van der Waals surface area contributed by atoms with Gasteiger partial charge in [0.1, 0.15) is 0 Å². The van der Waals surface area contributed by atoms with E-state index in [2.05, 4.69) is 43.3 Å². The Bertz CT molecular complexity index is 1210. The molecular formula is C27H21ClO2S. The summed E-state index contributed by atoms with van der Waals surface area (Å²) in [5.41, 5.74) is 4.39. The summed E-state index contributed by atoms with van der Waals surface area (Å²) in [5.74, 6) is -0.951. The molecule has 1 N–H and O–H groups in total. The Hall–Kier alpha value is -3.01. The van der Waals surface area contributed by atoms with Crippen LogP contribution in [0.4, 0.5) is 0 Å². The van der Waals surface area contributed by atoms with Gasteiger partial charge in [-0.25, -0.2) is 4.79 Å².